The fourth-order valence-electron chi connectivity index (χ4n) is 2.50. The van der Waals surface area contributed by atoms with Gasteiger partial charge in [0.25, 0.3) is 0 Å². The van der Waals surface area contributed by atoms with Gasteiger partial charge in [-0.2, -0.15) is 0 Å². The van der Waals surface area contributed by atoms with Crippen molar-refractivity contribution in [1.82, 2.24) is 5.32 Å². The van der Waals surface area contributed by atoms with Gasteiger partial charge in [-0.3, -0.25) is 0 Å². The summed E-state index contributed by atoms with van der Waals surface area (Å²) in [7, 11) is 0. The summed E-state index contributed by atoms with van der Waals surface area (Å²) in [4.78, 5) is 0. The van der Waals surface area contributed by atoms with Crippen molar-refractivity contribution >= 4 is 0 Å². The van der Waals surface area contributed by atoms with Crippen LogP contribution in [0.1, 0.15) is 24.5 Å². The summed E-state index contributed by atoms with van der Waals surface area (Å²) in [6.07, 6.45) is 2.30. The number of rotatable bonds is 6. The highest BCUT2D eigenvalue weighted by Gasteiger charge is 2.24. The summed E-state index contributed by atoms with van der Waals surface area (Å²) in [6, 6.07) is 9.04. The van der Waals surface area contributed by atoms with Crippen LogP contribution in [0.5, 0.6) is 0 Å². The summed E-state index contributed by atoms with van der Waals surface area (Å²) < 4.78 is 11.4. The molecule has 2 rings (SSSR count). The minimum atomic E-state index is 0.167. The third kappa shape index (κ3) is 4.60. The lowest BCUT2D eigenvalue weighted by Crippen LogP contribution is -2.48. The largest absolute Gasteiger partial charge is 0.376 e. The maximum atomic E-state index is 5.85. The van der Waals surface area contributed by atoms with E-state index in [1.165, 1.54) is 11.1 Å². The van der Waals surface area contributed by atoms with Gasteiger partial charge < -0.3 is 14.8 Å². The fourth-order valence-corrected chi connectivity index (χ4v) is 2.50. The highest BCUT2D eigenvalue weighted by Crippen LogP contribution is 2.13. The second-order valence-electron chi connectivity index (χ2n) is 5.24. The van der Waals surface area contributed by atoms with Crippen LogP contribution in [0.4, 0.5) is 0 Å². The summed E-state index contributed by atoms with van der Waals surface area (Å²) in [5.41, 5.74) is 2.68. The van der Waals surface area contributed by atoms with Gasteiger partial charge in [-0.15, -0.1) is 0 Å². The Hall–Kier alpha value is -0.900. The van der Waals surface area contributed by atoms with E-state index in [1.807, 2.05) is 0 Å². The quantitative estimate of drug-likeness (QED) is 0.854. The van der Waals surface area contributed by atoms with Crippen LogP contribution in [0.2, 0.25) is 0 Å². The first-order valence-corrected chi connectivity index (χ1v) is 7.28. The smallest absolute Gasteiger partial charge is 0.0965 e. The molecular formula is C16H25NO2. The second-order valence-corrected chi connectivity index (χ2v) is 5.24. The zero-order valence-electron chi connectivity index (χ0n) is 12.0. The zero-order chi connectivity index (χ0) is 13.5. The molecule has 19 heavy (non-hydrogen) atoms. The van der Waals surface area contributed by atoms with Crippen molar-refractivity contribution in [1.29, 1.82) is 0 Å². The van der Waals surface area contributed by atoms with Gasteiger partial charge in [-0.25, -0.2) is 0 Å². The standard InChI is InChI=1S/C16H25NO2/c1-3-7-17-15(16-12-18-8-9-19-16)11-14-6-4-5-13(2)10-14/h4-6,10,15-17H,3,7-9,11-12H2,1-2H3. The Morgan fingerprint density at radius 2 is 2.26 bits per heavy atom. The van der Waals surface area contributed by atoms with E-state index in [-0.39, 0.29) is 6.10 Å². The van der Waals surface area contributed by atoms with Gasteiger partial charge in [0.05, 0.1) is 25.9 Å². The molecule has 1 heterocycles. The van der Waals surface area contributed by atoms with Crippen molar-refractivity contribution in [3.8, 4) is 0 Å². The van der Waals surface area contributed by atoms with Gasteiger partial charge in [-0.05, 0) is 31.9 Å². The molecule has 1 aromatic carbocycles. The second kappa shape index (κ2) is 7.63. The molecule has 1 fully saturated rings. The summed E-state index contributed by atoms with van der Waals surface area (Å²) in [5.74, 6) is 0. The lowest BCUT2D eigenvalue weighted by atomic mass is 9.99. The molecule has 2 atom stereocenters. The maximum absolute atomic E-state index is 5.85. The number of nitrogens with one attached hydrogen (secondary N) is 1. The number of benzene rings is 1. The minimum absolute atomic E-state index is 0.167. The zero-order valence-corrected chi connectivity index (χ0v) is 12.0. The Morgan fingerprint density at radius 1 is 1.37 bits per heavy atom. The number of aryl methyl sites for hydroxylation is 1. The molecule has 0 aromatic heterocycles. The van der Waals surface area contributed by atoms with Crippen LogP contribution in [0.25, 0.3) is 0 Å². The SMILES string of the molecule is CCCNC(Cc1cccc(C)c1)C1COCCO1. The van der Waals surface area contributed by atoms with Gasteiger partial charge in [0.2, 0.25) is 0 Å². The van der Waals surface area contributed by atoms with Gasteiger partial charge in [0.1, 0.15) is 0 Å². The molecule has 0 amide bonds. The van der Waals surface area contributed by atoms with E-state index in [9.17, 15) is 0 Å². The van der Waals surface area contributed by atoms with Gasteiger partial charge in [0.15, 0.2) is 0 Å². The van der Waals surface area contributed by atoms with E-state index >= 15 is 0 Å². The Labute approximate surface area is 116 Å². The molecule has 1 aromatic rings. The predicted octanol–water partition coefficient (Wildman–Crippen LogP) is 2.32. The Morgan fingerprint density at radius 3 is 2.95 bits per heavy atom. The van der Waals surface area contributed by atoms with Crippen LogP contribution in [0, 0.1) is 6.92 Å². The molecule has 106 valence electrons. The number of hydrogen-bond donors (Lipinski definition) is 1. The lowest BCUT2D eigenvalue weighted by Gasteiger charge is -2.31. The van der Waals surface area contributed by atoms with Crippen LogP contribution in [-0.4, -0.2) is 38.5 Å². The number of ether oxygens (including phenoxy) is 2. The minimum Gasteiger partial charge on any atom is -0.376 e. The van der Waals surface area contributed by atoms with Crippen LogP contribution >= 0.6 is 0 Å². The highest BCUT2D eigenvalue weighted by molar-refractivity contribution is 5.23. The van der Waals surface area contributed by atoms with Gasteiger partial charge >= 0.3 is 0 Å². The fraction of sp³-hybridized carbons (Fsp3) is 0.625. The average Bonchev–Trinajstić information content (AvgIpc) is 2.44. The van der Waals surface area contributed by atoms with E-state index in [0.717, 1.165) is 26.0 Å². The lowest BCUT2D eigenvalue weighted by molar-refractivity contribution is -0.101. The third-order valence-corrected chi connectivity index (χ3v) is 3.49. The molecule has 0 radical (unpaired) electrons. The summed E-state index contributed by atoms with van der Waals surface area (Å²) >= 11 is 0. The highest BCUT2D eigenvalue weighted by atomic mass is 16.6. The molecule has 1 saturated heterocycles. The summed E-state index contributed by atoms with van der Waals surface area (Å²) in [5, 5.41) is 3.60. The molecule has 1 N–H and O–H groups in total. The van der Waals surface area contributed by atoms with Crippen molar-refractivity contribution in [3.05, 3.63) is 35.4 Å². The molecule has 0 aliphatic carbocycles. The topological polar surface area (TPSA) is 30.5 Å². The predicted molar refractivity (Wildman–Crippen MR) is 77.5 cm³/mol. The molecule has 0 spiro atoms. The van der Waals surface area contributed by atoms with Crippen LogP contribution < -0.4 is 5.32 Å². The molecule has 1 aliphatic rings. The molecule has 3 nitrogen and oxygen atoms in total. The van der Waals surface area contributed by atoms with Crippen LogP contribution in [0.3, 0.4) is 0 Å². The van der Waals surface area contributed by atoms with Crippen molar-refractivity contribution in [3.63, 3.8) is 0 Å². The Bertz CT molecular complexity index is 375. The molecule has 1 aliphatic heterocycles. The van der Waals surface area contributed by atoms with Crippen LogP contribution in [-0.2, 0) is 15.9 Å². The van der Waals surface area contributed by atoms with E-state index in [1.54, 1.807) is 0 Å². The van der Waals surface area contributed by atoms with Crippen molar-refractivity contribution in [2.24, 2.45) is 0 Å². The van der Waals surface area contributed by atoms with E-state index < -0.39 is 0 Å². The van der Waals surface area contributed by atoms with Crippen molar-refractivity contribution < 1.29 is 9.47 Å². The molecule has 2 unspecified atom stereocenters. The van der Waals surface area contributed by atoms with Crippen molar-refractivity contribution in [2.45, 2.75) is 38.8 Å². The third-order valence-electron chi connectivity index (χ3n) is 3.49. The van der Waals surface area contributed by atoms with Gasteiger partial charge in [0, 0.05) is 6.04 Å². The van der Waals surface area contributed by atoms with E-state index in [4.69, 9.17) is 9.47 Å². The van der Waals surface area contributed by atoms with E-state index in [2.05, 4.69) is 43.4 Å². The molecule has 0 bridgehead atoms. The summed E-state index contributed by atoms with van der Waals surface area (Å²) in [6.45, 7) is 7.49. The first kappa shape index (κ1) is 14.5. The van der Waals surface area contributed by atoms with E-state index in [0.29, 0.717) is 19.3 Å². The number of hydrogen-bond acceptors (Lipinski definition) is 3. The Kier molecular flexibility index (Phi) is 5.83. The first-order chi connectivity index (χ1) is 9.29. The van der Waals surface area contributed by atoms with Gasteiger partial charge in [-0.1, -0.05) is 36.8 Å². The molecule has 3 heteroatoms. The average molecular weight is 263 g/mol. The Balaban J connectivity index is 1.99. The van der Waals surface area contributed by atoms with Crippen LogP contribution in [0.15, 0.2) is 24.3 Å². The maximum Gasteiger partial charge on any atom is 0.0965 e. The first-order valence-electron chi connectivity index (χ1n) is 7.28. The molecular weight excluding hydrogens is 238 g/mol. The molecule has 0 saturated carbocycles. The monoisotopic (exact) mass is 263 g/mol. The normalized spacial score (nSPS) is 21.3. The van der Waals surface area contributed by atoms with Crippen molar-refractivity contribution in [2.75, 3.05) is 26.4 Å².